The number of benzene rings is 1. The molecule has 0 unspecified atom stereocenters. The summed E-state index contributed by atoms with van der Waals surface area (Å²) in [5, 5.41) is 9.41. The molecule has 2 rings (SSSR count). The molecule has 18 heavy (non-hydrogen) atoms. The molecular formula is C13H7Cl2FN2. The van der Waals surface area contributed by atoms with Gasteiger partial charge < -0.3 is 0 Å². The lowest BCUT2D eigenvalue weighted by molar-refractivity contribution is 0.624. The van der Waals surface area contributed by atoms with Gasteiger partial charge in [0, 0.05) is 10.6 Å². The first kappa shape index (κ1) is 12.8. The van der Waals surface area contributed by atoms with Gasteiger partial charge in [-0.3, -0.25) is 0 Å². The maximum atomic E-state index is 13.7. The third kappa shape index (κ3) is 2.61. The molecule has 1 heterocycles. The monoisotopic (exact) mass is 280 g/mol. The summed E-state index contributed by atoms with van der Waals surface area (Å²) in [6, 6.07) is 9.46. The molecular weight excluding hydrogens is 274 g/mol. The van der Waals surface area contributed by atoms with Crippen LogP contribution < -0.4 is 0 Å². The van der Waals surface area contributed by atoms with Gasteiger partial charge in [0.2, 0.25) is 0 Å². The van der Waals surface area contributed by atoms with Gasteiger partial charge in [-0.15, -0.1) is 0 Å². The summed E-state index contributed by atoms with van der Waals surface area (Å²) >= 11 is 11.8. The maximum Gasteiger partial charge on any atom is 0.149 e. The van der Waals surface area contributed by atoms with E-state index in [-0.39, 0.29) is 12.1 Å². The first-order chi connectivity index (χ1) is 8.61. The van der Waals surface area contributed by atoms with Crippen LogP contribution in [0.15, 0.2) is 30.3 Å². The van der Waals surface area contributed by atoms with E-state index < -0.39 is 5.82 Å². The molecule has 0 atom stereocenters. The van der Waals surface area contributed by atoms with Crippen molar-refractivity contribution in [1.82, 2.24) is 4.98 Å². The Morgan fingerprint density at radius 3 is 2.67 bits per heavy atom. The van der Waals surface area contributed by atoms with E-state index in [1.165, 1.54) is 18.2 Å². The Hall–Kier alpha value is -1.63. The quantitative estimate of drug-likeness (QED) is 0.824. The lowest BCUT2D eigenvalue weighted by Gasteiger charge is -2.06. The molecule has 0 aliphatic carbocycles. The molecule has 0 fully saturated rings. The summed E-state index contributed by atoms with van der Waals surface area (Å²) in [4.78, 5) is 4.10. The predicted molar refractivity (Wildman–Crippen MR) is 69.0 cm³/mol. The van der Waals surface area contributed by atoms with Gasteiger partial charge in [-0.05, 0) is 30.3 Å². The van der Waals surface area contributed by atoms with Crippen molar-refractivity contribution in [2.24, 2.45) is 0 Å². The highest BCUT2D eigenvalue weighted by Crippen LogP contribution is 2.30. The molecule has 0 bridgehead atoms. The Morgan fingerprint density at radius 1 is 1.22 bits per heavy atom. The van der Waals surface area contributed by atoms with Crippen LogP contribution in [0, 0.1) is 17.1 Å². The number of nitrogens with zero attached hydrogens (tertiary/aromatic N) is 2. The molecule has 1 aromatic carbocycles. The number of rotatable bonds is 2. The fourth-order valence-electron chi connectivity index (χ4n) is 1.53. The number of hydrogen-bond acceptors (Lipinski definition) is 2. The molecule has 0 spiro atoms. The third-order valence-electron chi connectivity index (χ3n) is 2.35. The van der Waals surface area contributed by atoms with Gasteiger partial charge in [0.15, 0.2) is 0 Å². The first-order valence-electron chi connectivity index (χ1n) is 5.09. The summed E-state index contributed by atoms with van der Waals surface area (Å²) in [5.41, 5.74) is 1.09. The maximum absolute atomic E-state index is 13.7. The summed E-state index contributed by atoms with van der Waals surface area (Å²) in [7, 11) is 0. The van der Waals surface area contributed by atoms with Crippen molar-refractivity contribution in [1.29, 1.82) is 5.26 Å². The van der Waals surface area contributed by atoms with Crippen molar-refractivity contribution >= 4 is 23.2 Å². The van der Waals surface area contributed by atoms with Crippen LogP contribution in [-0.4, -0.2) is 4.98 Å². The van der Waals surface area contributed by atoms with Crippen molar-refractivity contribution < 1.29 is 4.39 Å². The van der Waals surface area contributed by atoms with Crippen molar-refractivity contribution in [3.05, 3.63) is 51.9 Å². The minimum Gasteiger partial charge on any atom is -0.249 e. The Labute approximate surface area is 114 Å². The van der Waals surface area contributed by atoms with E-state index >= 15 is 0 Å². The largest absolute Gasteiger partial charge is 0.249 e. The minimum absolute atomic E-state index is 0.124. The SMILES string of the molecule is N#CCc1ccc(F)c(-c2ccc(Cl)cc2Cl)n1. The first-order valence-corrected chi connectivity index (χ1v) is 5.85. The molecule has 0 N–H and O–H groups in total. The smallest absolute Gasteiger partial charge is 0.149 e. The normalized spacial score (nSPS) is 10.1. The van der Waals surface area contributed by atoms with Crippen LogP contribution in [0.5, 0.6) is 0 Å². The highest BCUT2D eigenvalue weighted by atomic mass is 35.5. The standard InChI is InChI=1S/C13H7Cl2FN2/c14-8-1-3-10(11(15)7-8)13-12(16)4-2-9(18-13)5-6-17/h1-4,7H,5H2. The van der Waals surface area contributed by atoms with Gasteiger partial charge in [-0.2, -0.15) is 5.26 Å². The minimum atomic E-state index is -0.485. The van der Waals surface area contributed by atoms with E-state index in [1.807, 2.05) is 6.07 Å². The molecule has 1 aromatic heterocycles. The second kappa shape index (κ2) is 5.34. The number of pyridine rings is 1. The summed E-state index contributed by atoms with van der Waals surface area (Å²) in [5.74, 6) is -0.485. The molecule has 0 amide bonds. The topological polar surface area (TPSA) is 36.7 Å². The molecule has 5 heteroatoms. The van der Waals surface area contributed by atoms with Gasteiger partial charge in [-0.25, -0.2) is 9.37 Å². The summed E-state index contributed by atoms with van der Waals surface area (Å²) in [6.07, 6.45) is 0.124. The number of halogens is 3. The second-order valence-electron chi connectivity index (χ2n) is 3.59. The van der Waals surface area contributed by atoms with Crippen LogP contribution in [0.3, 0.4) is 0 Å². The molecule has 0 saturated carbocycles. The average molecular weight is 281 g/mol. The Morgan fingerprint density at radius 2 is 2.00 bits per heavy atom. The molecule has 0 aliphatic heterocycles. The molecule has 0 aliphatic rings. The van der Waals surface area contributed by atoms with E-state index in [2.05, 4.69) is 4.98 Å². The fraction of sp³-hybridized carbons (Fsp3) is 0.0769. The van der Waals surface area contributed by atoms with Crippen molar-refractivity contribution in [2.45, 2.75) is 6.42 Å². The van der Waals surface area contributed by atoms with Crippen molar-refractivity contribution in [3.63, 3.8) is 0 Å². The van der Waals surface area contributed by atoms with Crippen molar-refractivity contribution in [2.75, 3.05) is 0 Å². The molecule has 0 saturated heterocycles. The van der Waals surface area contributed by atoms with Gasteiger partial charge in [0.25, 0.3) is 0 Å². The van der Waals surface area contributed by atoms with Crippen LogP contribution in [0.2, 0.25) is 10.0 Å². The predicted octanol–water partition coefficient (Wildman–Crippen LogP) is 4.26. The van der Waals surface area contributed by atoms with Crippen LogP contribution in [0.1, 0.15) is 5.69 Å². The highest BCUT2D eigenvalue weighted by Gasteiger charge is 2.12. The molecule has 0 radical (unpaired) electrons. The molecule has 2 aromatic rings. The molecule has 90 valence electrons. The number of aromatic nitrogens is 1. The van der Waals surface area contributed by atoms with E-state index in [9.17, 15) is 4.39 Å². The fourth-order valence-corrected chi connectivity index (χ4v) is 2.03. The van der Waals surface area contributed by atoms with Crippen LogP contribution in [0.4, 0.5) is 4.39 Å². The Bertz CT molecular complexity index is 635. The van der Waals surface area contributed by atoms with Crippen LogP contribution >= 0.6 is 23.2 Å². The zero-order chi connectivity index (χ0) is 13.1. The second-order valence-corrected chi connectivity index (χ2v) is 4.44. The van der Waals surface area contributed by atoms with Gasteiger partial charge in [-0.1, -0.05) is 23.2 Å². The van der Waals surface area contributed by atoms with Gasteiger partial charge in [0.05, 0.1) is 23.2 Å². The van der Waals surface area contributed by atoms with Crippen molar-refractivity contribution in [3.8, 4) is 17.3 Å². The summed E-state index contributed by atoms with van der Waals surface area (Å²) in [6.45, 7) is 0. The van der Waals surface area contributed by atoms with E-state index in [0.717, 1.165) is 0 Å². The Balaban J connectivity index is 2.56. The molecule has 2 nitrogen and oxygen atoms in total. The van der Waals surface area contributed by atoms with Gasteiger partial charge in [0.1, 0.15) is 11.5 Å². The lowest BCUT2D eigenvalue weighted by Crippen LogP contribution is -1.95. The zero-order valence-corrected chi connectivity index (χ0v) is 10.6. The summed E-state index contributed by atoms with van der Waals surface area (Å²) < 4.78 is 13.7. The van der Waals surface area contributed by atoms with Crippen LogP contribution in [0.25, 0.3) is 11.3 Å². The zero-order valence-electron chi connectivity index (χ0n) is 9.12. The van der Waals surface area contributed by atoms with E-state index in [4.69, 9.17) is 28.5 Å². The van der Waals surface area contributed by atoms with E-state index in [0.29, 0.717) is 21.3 Å². The van der Waals surface area contributed by atoms with E-state index in [1.54, 1.807) is 12.1 Å². The average Bonchev–Trinajstić information content (AvgIpc) is 2.33. The Kier molecular flexibility index (Phi) is 3.81. The number of nitriles is 1. The number of hydrogen-bond donors (Lipinski definition) is 0. The van der Waals surface area contributed by atoms with Crippen LogP contribution in [-0.2, 0) is 6.42 Å². The third-order valence-corrected chi connectivity index (χ3v) is 2.90. The lowest BCUT2D eigenvalue weighted by atomic mass is 10.1. The van der Waals surface area contributed by atoms with Gasteiger partial charge >= 0.3 is 0 Å². The highest BCUT2D eigenvalue weighted by molar-refractivity contribution is 6.36.